The highest BCUT2D eigenvalue weighted by atomic mass is 32.2. The van der Waals surface area contributed by atoms with Crippen LogP contribution in [0.15, 0.2) is 65.6 Å². The van der Waals surface area contributed by atoms with Gasteiger partial charge in [0.25, 0.3) is 5.91 Å². The van der Waals surface area contributed by atoms with Crippen molar-refractivity contribution in [1.29, 1.82) is 0 Å². The Morgan fingerprint density at radius 3 is 2.02 bits per heavy atom. The summed E-state index contributed by atoms with van der Waals surface area (Å²) in [5.74, 6) is -4.00. The van der Waals surface area contributed by atoms with Gasteiger partial charge in [0.2, 0.25) is 29.4 Å². The average molecular weight is 909 g/mol. The van der Waals surface area contributed by atoms with Gasteiger partial charge >= 0.3 is 6.03 Å². The molecular weight excluding hydrogens is 837 g/mol. The molecule has 6 atom stereocenters. The van der Waals surface area contributed by atoms with Gasteiger partial charge in [-0.25, -0.2) is 4.79 Å². The van der Waals surface area contributed by atoms with Gasteiger partial charge in [0.1, 0.15) is 18.1 Å². The SMILES string of the molecule is CCC(C)CC(NC(=O)[C@@H]1CCCN1C(=O)C(NC(=O)NC1(CS(=O)c2ccccc2)CCCCC1)C(C)(C)C)C(=O)C(=O)NCC(=O)N[C@H](C(=O)N(C)C)c1ccccc1.CNC. The number of likely N-dealkylation sites (tertiary alicyclic amines) is 1. The quantitative estimate of drug-likeness (QED) is 0.121. The molecule has 354 valence electrons. The largest absolute Gasteiger partial charge is 0.347 e. The fourth-order valence-electron chi connectivity index (χ4n) is 7.84. The normalized spacial score (nSPS) is 18.0. The van der Waals surface area contributed by atoms with Gasteiger partial charge in [-0.1, -0.05) is 109 Å². The number of carbonyl (C=O) groups is 7. The lowest BCUT2D eigenvalue weighted by Crippen LogP contribution is -2.63. The first kappa shape index (κ1) is 53.2. The van der Waals surface area contributed by atoms with Crippen molar-refractivity contribution < 1.29 is 37.8 Å². The summed E-state index contributed by atoms with van der Waals surface area (Å²) in [6, 6.07) is 12.9. The summed E-state index contributed by atoms with van der Waals surface area (Å²) in [4.78, 5) is 98.4. The molecule has 0 aromatic heterocycles. The van der Waals surface area contributed by atoms with Crippen LogP contribution in [0.25, 0.3) is 0 Å². The molecule has 1 saturated heterocycles. The predicted octanol–water partition coefficient (Wildman–Crippen LogP) is 3.59. The standard InChI is InChI=1S/C45H65N7O8S.C2H7N/c1-8-30(2)27-33(37(54)40(56)46-28-35(53)48-36(41(57)51(6)7)31-19-12-9-13-20-31)47-39(55)34-23-18-26-52(34)42(58)38(44(3,4)5)49-43(59)50-45(24-16-11-17-25-45)29-61(60)32-21-14-10-15-22-32;1-3-2/h9-10,12-15,19-22,30,33-34,36,38H,8,11,16-18,23-29H2,1-7H3,(H,46,56)(H,47,55)(H,48,53)(H2,49,50,59);3H,1-2H3/t30?,33?,34-,36-,38?,61?;/m0./s1. The van der Waals surface area contributed by atoms with Gasteiger partial charge in [-0.15, -0.1) is 0 Å². The van der Waals surface area contributed by atoms with Crippen LogP contribution in [0, 0.1) is 11.3 Å². The first-order chi connectivity index (χ1) is 30.3. The molecule has 1 aliphatic carbocycles. The van der Waals surface area contributed by atoms with Gasteiger partial charge in [-0.3, -0.25) is 33.0 Å². The lowest BCUT2D eigenvalue weighted by Gasteiger charge is -2.40. The maximum atomic E-state index is 14.4. The number of benzene rings is 2. The number of amides is 7. The summed E-state index contributed by atoms with van der Waals surface area (Å²) in [7, 11) is 5.51. The first-order valence-corrected chi connectivity index (χ1v) is 23.7. The van der Waals surface area contributed by atoms with E-state index in [4.69, 9.17) is 0 Å². The van der Waals surface area contributed by atoms with Crippen LogP contribution in [0.5, 0.6) is 0 Å². The van der Waals surface area contributed by atoms with Gasteiger partial charge in [-0.05, 0) is 75.2 Å². The van der Waals surface area contributed by atoms with Gasteiger partial charge < -0.3 is 41.7 Å². The van der Waals surface area contributed by atoms with Crippen molar-refractivity contribution in [3.8, 4) is 0 Å². The third-order valence-corrected chi connectivity index (χ3v) is 13.2. The Morgan fingerprint density at radius 1 is 0.859 bits per heavy atom. The zero-order valence-electron chi connectivity index (χ0n) is 39.2. The molecule has 0 spiro atoms. The number of carbonyl (C=O) groups excluding carboxylic acids is 7. The Bertz CT molecular complexity index is 1900. The number of nitrogens with zero attached hydrogens (tertiary/aromatic N) is 2. The predicted molar refractivity (Wildman–Crippen MR) is 248 cm³/mol. The lowest BCUT2D eigenvalue weighted by molar-refractivity contribution is -0.144. The monoisotopic (exact) mass is 909 g/mol. The lowest BCUT2D eigenvalue weighted by atomic mass is 9.83. The van der Waals surface area contributed by atoms with Crippen molar-refractivity contribution in [1.82, 2.24) is 41.7 Å². The Hall–Kier alpha value is -5.16. The number of urea groups is 1. The number of nitrogens with one attached hydrogen (secondary N) is 6. The third-order valence-electron chi connectivity index (χ3n) is 11.6. The molecule has 16 nitrogen and oxygen atoms in total. The van der Waals surface area contributed by atoms with Crippen LogP contribution in [-0.4, -0.2) is 126 Å². The minimum absolute atomic E-state index is 0.0686. The van der Waals surface area contributed by atoms with Crippen LogP contribution < -0.4 is 31.9 Å². The van der Waals surface area contributed by atoms with Crippen molar-refractivity contribution in [3.63, 3.8) is 0 Å². The average Bonchev–Trinajstić information content (AvgIpc) is 3.77. The zero-order valence-corrected chi connectivity index (χ0v) is 40.0. The second kappa shape index (κ2) is 25.4. The molecule has 7 amide bonds. The summed E-state index contributed by atoms with van der Waals surface area (Å²) in [6.45, 7) is 8.92. The van der Waals surface area contributed by atoms with Crippen molar-refractivity contribution in [2.75, 3.05) is 47.0 Å². The van der Waals surface area contributed by atoms with E-state index in [-0.39, 0.29) is 30.5 Å². The minimum atomic E-state index is -1.36. The summed E-state index contributed by atoms with van der Waals surface area (Å²) in [5.41, 5.74) is -0.958. The van der Waals surface area contributed by atoms with Crippen molar-refractivity contribution in [2.45, 2.75) is 127 Å². The van der Waals surface area contributed by atoms with Crippen molar-refractivity contribution in [2.24, 2.45) is 11.3 Å². The molecule has 2 aromatic carbocycles. The van der Waals surface area contributed by atoms with Gasteiger partial charge in [0.05, 0.1) is 34.7 Å². The molecule has 2 aromatic rings. The Labute approximate surface area is 382 Å². The molecular formula is C47H72N8O8S. The van der Waals surface area contributed by atoms with Gasteiger partial charge in [0.15, 0.2) is 0 Å². The molecule has 0 radical (unpaired) electrons. The molecule has 1 heterocycles. The summed E-state index contributed by atoms with van der Waals surface area (Å²) >= 11 is 0. The number of likely N-dealkylation sites (N-methyl/N-ethyl adjacent to an activating group) is 1. The molecule has 2 aliphatic rings. The first-order valence-electron chi connectivity index (χ1n) is 22.4. The van der Waals surface area contributed by atoms with E-state index in [0.29, 0.717) is 42.6 Å². The second-order valence-corrected chi connectivity index (χ2v) is 19.7. The zero-order chi connectivity index (χ0) is 47.6. The highest BCUT2D eigenvalue weighted by Gasteiger charge is 2.44. The fourth-order valence-corrected chi connectivity index (χ4v) is 9.33. The molecule has 0 bridgehead atoms. The number of Topliss-reactive ketones (excluding diaryl/α,β-unsaturated/α-hetero) is 1. The fraction of sp³-hybridized carbons (Fsp3) is 0.596. The van der Waals surface area contributed by atoms with E-state index >= 15 is 0 Å². The number of rotatable bonds is 18. The molecule has 17 heteroatoms. The van der Waals surface area contributed by atoms with E-state index < -0.39 is 87.9 Å². The smallest absolute Gasteiger partial charge is 0.315 e. The van der Waals surface area contributed by atoms with Crippen LogP contribution in [0.3, 0.4) is 0 Å². The molecule has 4 unspecified atom stereocenters. The van der Waals surface area contributed by atoms with Crippen molar-refractivity contribution >= 4 is 52.1 Å². The molecule has 4 rings (SSSR count). The Morgan fingerprint density at radius 2 is 1.45 bits per heavy atom. The molecule has 64 heavy (non-hydrogen) atoms. The number of hydrogen-bond acceptors (Lipinski definition) is 9. The van der Waals surface area contributed by atoms with Crippen LogP contribution in [-0.2, 0) is 39.6 Å². The topological polar surface area (TPSA) is 215 Å². The maximum absolute atomic E-state index is 14.4. The minimum Gasteiger partial charge on any atom is -0.347 e. The van der Waals surface area contributed by atoms with E-state index in [0.717, 1.165) is 19.3 Å². The molecule has 1 saturated carbocycles. The summed E-state index contributed by atoms with van der Waals surface area (Å²) in [5, 5.41) is 16.5. The highest BCUT2D eigenvalue weighted by Crippen LogP contribution is 2.31. The van der Waals surface area contributed by atoms with Crippen molar-refractivity contribution in [3.05, 3.63) is 66.2 Å². The van der Waals surface area contributed by atoms with E-state index in [9.17, 15) is 37.8 Å². The van der Waals surface area contributed by atoms with E-state index in [1.807, 2.05) is 79.0 Å². The second-order valence-electron chi connectivity index (χ2n) is 18.2. The van der Waals surface area contributed by atoms with Crippen LogP contribution >= 0.6 is 0 Å². The van der Waals surface area contributed by atoms with E-state index in [1.54, 1.807) is 44.4 Å². The molecule has 2 fully saturated rings. The molecule has 6 N–H and O–H groups in total. The van der Waals surface area contributed by atoms with Gasteiger partial charge in [-0.2, -0.15) is 0 Å². The Balaban J connectivity index is 0.00000353. The van der Waals surface area contributed by atoms with Crippen LogP contribution in [0.1, 0.15) is 104 Å². The highest BCUT2D eigenvalue weighted by molar-refractivity contribution is 7.85. The van der Waals surface area contributed by atoms with E-state index in [2.05, 4.69) is 31.9 Å². The summed E-state index contributed by atoms with van der Waals surface area (Å²) < 4.78 is 13.4. The maximum Gasteiger partial charge on any atom is 0.315 e. The molecule has 1 aliphatic heterocycles. The Kier molecular flexibility index (Phi) is 21.1. The number of hydrogen-bond donors (Lipinski definition) is 6. The van der Waals surface area contributed by atoms with E-state index in [1.165, 1.54) is 9.80 Å². The van der Waals surface area contributed by atoms with Crippen LogP contribution in [0.2, 0.25) is 0 Å². The van der Waals surface area contributed by atoms with Gasteiger partial charge in [0, 0.05) is 25.5 Å². The van der Waals surface area contributed by atoms with Crippen LogP contribution in [0.4, 0.5) is 4.79 Å². The summed E-state index contributed by atoms with van der Waals surface area (Å²) in [6.07, 6.45) is 5.63. The number of ketones is 1. The third kappa shape index (κ3) is 15.8.